The molecule has 2 aromatic heterocycles. The van der Waals surface area contributed by atoms with Gasteiger partial charge in [0.15, 0.2) is 0 Å². The summed E-state index contributed by atoms with van der Waals surface area (Å²) in [4.78, 5) is 0. The zero-order valence-electron chi connectivity index (χ0n) is 13.1. The second-order valence-electron chi connectivity index (χ2n) is 5.18. The van der Waals surface area contributed by atoms with Crippen LogP contribution in [-0.4, -0.2) is 20.4 Å². The Kier molecular flexibility index (Phi) is 4.68. The van der Waals surface area contributed by atoms with Gasteiger partial charge in [-0.3, -0.25) is 0 Å². The lowest BCUT2D eigenvalue weighted by Crippen LogP contribution is -1.80. The molecule has 0 amide bonds. The maximum Gasteiger partial charge on any atom is 0.277 e. The molecular weight excluding hydrogens is 379 g/mol. The fourth-order valence-corrected chi connectivity index (χ4v) is 2.85. The summed E-state index contributed by atoms with van der Waals surface area (Å²) in [6.45, 7) is 0. The lowest BCUT2D eigenvalue weighted by molar-refractivity contribution is 0.464. The van der Waals surface area contributed by atoms with Gasteiger partial charge in [-0.25, -0.2) is 4.39 Å². The lowest BCUT2D eigenvalue weighted by atomic mass is 10.2. The average Bonchev–Trinajstić information content (AvgIpc) is 3.31. The van der Waals surface area contributed by atoms with Crippen molar-refractivity contribution in [3.05, 3.63) is 65.3 Å². The third kappa shape index (κ3) is 3.76. The van der Waals surface area contributed by atoms with Crippen LogP contribution in [-0.2, 0) is 5.75 Å². The predicted octanol–water partition coefficient (Wildman–Crippen LogP) is 4.87. The van der Waals surface area contributed by atoms with Crippen LogP contribution in [0, 0.1) is 5.82 Å². The van der Waals surface area contributed by atoms with Crippen LogP contribution >= 0.6 is 23.4 Å². The fraction of sp³-hybridized carbons (Fsp3) is 0.0588. The number of hydrogen-bond donors (Lipinski definition) is 0. The predicted molar refractivity (Wildman–Crippen MR) is 94.0 cm³/mol. The van der Waals surface area contributed by atoms with Crippen molar-refractivity contribution in [3.63, 3.8) is 0 Å². The van der Waals surface area contributed by atoms with E-state index in [0.29, 0.717) is 39.2 Å². The van der Waals surface area contributed by atoms with Gasteiger partial charge < -0.3 is 8.83 Å². The van der Waals surface area contributed by atoms with Gasteiger partial charge in [0.2, 0.25) is 17.7 Å². The maximum atomic E-state index is 13.0. The van der Waals surface area contributed by atoms with Gasteiger partial charge in [-0.15, -0.1) is 20.4 Å². The van der Waals surface area contributed by atoms with Crippen molar-refractivity contribution in [1.29, 1.82) is 0 Å². The van der Waals surface area contributed by atoms with E-state index in [2.05, 4.69) is 20.4 Å². The van der Waals surface area contributed by atoms with Gasteiger partial charge >= 0.3 is 0 Å². The molecule has 2 aromatic carbocycles. The molecule has 0 unspecified atom stereocenters. The smallest absolute Gasteiger partial charge is 0.277 e. The summed E-state index contributed by atoms with van der Waals surface area (Å²) in [5.74, 6) is 1.18. The summed E-state index contributed by atoms with van der Waals surface area (Å²) in [6, 6.07) is 12.9. The van der Waals surface area contributed by atoms with Gasteiger partial charge in [0.1, 0.15) is 5.82 Å². The third-order valence-electron chi connectivity index (χ3n) is 3.37. The molecule has 0 atom stereocenters. The Morgan fingerprint density at radius 3 is 2.15 bits per heavy atom. The topological polar surface area (TPSA) is 77.8 Å². The molecule has 6 nitrogen and oxygen atoms in total. The standard InChI is InChI=1S/C17H10ClFN4O2S/c18-12-5-1-10(2-6-12)16-22-23-17(25-16)26-9-14-20-21-15(24-14)11-3-7-13(19)8-4-11/h1-8H,9H2. The number of halogens is 2. The molecule has 0 saturated heterocycles. The SMILES string of the molecule is Fc1ccc(-c2nnc(CSc3nnc(-c4ccc(Cl)cc4)o3)o2)cc1. The Bertz CT molecular complexity index is 934. The van der Waals surface area contributed by atoms with Gasteiger partial charge in [0, 0.05) is 16.1 Å². The third-order valence-corrected chi connectivity index (χ3v) is 4.43. The van der Waals surface area contributed by atoms with Crippen LogP contribution in [0.25, 0.3) is 22.9 Å². The molecule has 0 saturated carbocycles. The first-order valence-corrected chi connectivity index (χ1v) is 8.84. The molecule has 0 fully saturated rings. The number of benzene rings is 2. The van der Waals surface area contributed by atoms with Gasteiger partial charge in [0.05, 0.1) is 5.75 Å². The molecule has 0 spiro atoms. The van der Waals surface area contributed by atoms with E-state index in [9.17, 15) is 4.39 Å². The van der Waals surface area contributed by atoms with E-state index >= 15 is 0 Å². The molecule has 0 N–H and O–H groups in total. The average molecular weight is 389 g/mol. The number of hydrogen-bond acceptors (Lipinski definition) is 7. The summed E-state index contributed by atoms with van der Waals surface area (Å²) in [7, 11) is 0. The maximum absolute atomic E-state index is 13.0. The monoisotopic (exact) mass is 388 g/mol. The summed E-state index contributed by atoms with van der Waals surface area (Å²) < 4.78 is 24.1. The van der Waals surface area contributed by atoms with Gasteiger partial charge in [-0.2, -0.15) is 0 Å². The number of thioether (sulfide) groups is 1. The molecule has 9 heteroatoms. The largest absolute Gasteiger partial charge is 0.420 e. The van der Waals surface area contributed by atoms with Gasteiger partial charge in [0.25, 0.3) is 5.22 Å². The number of aromatic nitrogens is 4. The zero-order valence-corrected chi connectivity index (χ0v) is 14.7. The minimum Gasteiger partial charge on any atom is -0.420 e. The molecular formula is C17H10ClFN4O2S. The Balaban J connectivity index is 1.42. The lowest BCUT2D eigenvalue weighted by Gasteiger charge is -1.95. The number of nitrogens with zero attached hydrogens (tertiary/aromatic N) is 4. The second kappa shape index (κ2) is 7.27. The highest BCUT2D eigenvalue weighted by atomic mass is 35.5. The summed E-state index contributed by atoms with van der Waals surface area (Å²) in [6.07, 6.45) is 0. The molecule has 4 aromatic rings. The van der Waals surface area contributed by atoms with Crippen LogP contribution in [0.1, 0.15) is 5.89 Å². The fourth-order valence-electron chi connectivity index (χ4n) is 2.12. The van der Waals surface area contributed by atoms with Crippen LogP contribution in [0.15, 0.2) is 62.6 Å². The quantitative estimate of drug-likeness (QED) is 0.451. The summed E-state index contributed by atoms with van der Waals surface area (Å²) in [5, 5.41) is 16.9. The van der Waals surface area contributed by atoms with Crippen molar-refractivity contribution in [2.24, 2.45) is 0 Å². The van der Waals surface area contributed by atoms with E-state index in [1.165, 1.54) is 23.9 Å². The molecule has 26 heavy (non-hydrogen) atoms. The Morgan fingerprint density at radius 2 is 1.42 bits per heavy atom. The van der Waals surface area contributed by atoms with Crippen molar-refractivity contribution in [2.75, 3.05) is 0 Å². The van der Waals surface area contributed by atoms with E-state index in [1.807, 2.05) is 0 Å². The van der Waals surface area contributed by atoms with E-state index < -0.39 is 0 Å². The Labute approximate surface area is 156 Å². The van der Waals surface area contributed by atoms with Crippen molar-refractivity contribution in [1.82, 2.24) is 20.4 Å². The minimum absolute atomic E-state index is 0.322. The van der Waals surface area contributed by atoms with Crippen LogP contribution in [0.3, 0.4) is 0 Å². The van der Waals surface area contributed by atoms with Gasteiger partial charge in [-0.05, 0) is 48.5 Å². The molecule has 4 rings (SSSR count). The first kappa shape index (κ1) is 16.7. The van der Waals surface area contributed by atoms with Crippen molar-refractivity contribution in [3.8, 4) is 22.9 Å². The first-order valence-electron chi connectivity index (χ1n) is 7.48. The molecule has 0 aliphatic rings. The van der Waals surface area contributed by atoms with Crippen molar-refractivity contribution in [2.45, 2.75) is 11.0 Å². The van der Waals surface area contributed by atoms with E-state index in [0.717, 1.165) is 5.56 Å². The molecule has 2 heterocycles. The minimum atomic E-state index is -0.322. The zero-order chi connectivity index (χ0) is 17.9. The molecule has 0 bridgehead atoms. The van der Waals surface area contributed by atoms with Crippen molar-refractivity contribution < 1.29 is 13.2 Å². The molecule has 130 valence electrons. The highest BCUT2D eigenvalue weighted by Crippen LogP contribution is 2.27. The van der Waals surface area contributed by atoms with Crippen LogP contribution < -0.4 is 0 Å². The van der Waals surface area contributed by atoms with Crippen molar-refractivity contribution >= 4 is 23.4 Å². The van der Waals surface area contributed by atoms with E-state index in [1.54, 1.807) is 36.4 Å². The molecule has 0 aliphatic carbocycles. The normalized spacial score (nSPS) is 11.0. The summed E-state index contributed by atoms with van der Waals surface area (Å²) in [5.41, 5.74) is 1.43. The summed E-state index contributed by atoms with van der Waals surface area (Å²) >= 11 is 7.14. The first-order chi connectivity index (χ1) is 12.7. The second-order valence-corrected chi connectivity index (χ2v) is 6.54. The van der Waals surface area contributed by atoms with Crippen LogP contribution in [0.2, 0.25) is 5.02 Å². The van der Waals surface area contributed by atoms with E-state index in [4.69, 9.17) is 20.4 Å². The van der Waals surface area contributed by atoms with Gasteiger partial charge in [-0.1, -0.05) is 23.4 Å². The Morgan fingerprint density at radius 1 is 0.808 bits per heavy atom. The molecule has 0 radical (unpaired) electrons. The van der Waals surface area contributed by atoms with Crippen LogP contribution in [0.4, 0.5) is 4.39 Å². The highest BCUT2D eigenvalue weighted by molar-refractivity contribution is 7.98. The Hall–Kier alpha value is -2.71. The number of rotatable bonds is 5. The highest BCUT2D eigenvalue weighted by Gasteiger charge is 2.13. The molecule has 0 aliphatic heterocycles. The van der Waals surface area contributed by atoms with Crippen LogP contribution in [0.5, 0.6) is 0 Å². The van der Waals surface area contributed by atoms with E-state index in [-0.39, 0.29) is 5.82 Å².